The highest BCUT2D eigenvalue weighted by Crippen LogP contribution is 2.55. The zero-order valence-electron chi connectivity index (χ0n) is 23.4. The van der Waals surface area contributed by atoms with E-state index in [0.717, 1.165) is 57.2 Å². The van der Waals surface area contributed by atoms with Crippen LogP contribution in [0.25, 0.3) is 0 Å². The molecule has 0 radical (unpaired) electrons. The molecule has 1 saturated carbocycles. The lowest BCUT2D eigenvalue weighted by molar-refractivity contribution is -0.141. The second kappa shape index (κ2) is 11.5. The number of amides is 3. The van der Waals surface area contributed by atoms with Crippen LogP contribution in [0.2, 0.25) is 5.02 Å². The zero-order chi connectivity index (χ0) is 27.9. The van der Waals surface area contributed by atoms with Crippen LogP contribution in [-0.2, 0) is 19.1 Å². The number of carbonyl (C=O) groups is 3. The van der Waals surface area contributed by atoms with Gasteiger partial charge in [0.2, 0.25) is 17.7 Å². The van der Waals surface area contributed by atoms with Crippen molar-refractivity contribution in [3.05, 3.63) is 40.9 Å². The Labute approximate surface area is 241 Å². The van der Waals surface area contributed by atoms with Gasteiger partial charge in [-0.1, -0.05) is 61.9 Å². The van der Waals surface area contributed by atoms with Crippen molar-refractivity contribution in [2.24, 2.45) is 11.8 Å². The van der Waals surface area contributed by atoms with Crippen LogP contribution < -0.4 is 10.6 Å². The molecule has 216 valence electrons. The van der Waals surface area contributed by atoms with Crippen LogP contribution in [0.1, 0.15) is 63.4 Å². The largest absolute Gasteiger partial charge is 0.359 e. The molecular formula is C31H41ClN4O4. The maximum absolute atomic E-state index is 14.2. The third-order valence-corrected chi connectivity index (χ3v) is 10.1. The molecule has 1 aromatic carbocycles. The maximum Gasteiger partial charge on any atom is 0.246 e. The lowest BCUT2D eigenvalue weighted by atomic mass is 9.74. The molecule has 8 nitrogen and oxygen atoms in total. The zero-order valence-corrected chi connectivity index (χ0v) is 24.1. The van der Waals surface area contributed by atoms with Crippen LogP contribution in [0.4, 0.5) is 5.69 Å². The molecule has 4 heterocycles. The average molecular weight is 569 g/mol. The number of fused-ring (bicyclic) bond motifs is 1. The maximum atomic E-state index is 14.2. The number of aryl methyl sites for hydroxylation is 1. The fourth-order valence-electron chi connectivity index (χ4n) is 7.54. The summed E-state index contributed by atoms with van der Waals surface area (Å²) in [6, 6.07) is 4.72. The Morgan fingerprint density at radius 2 is 1.75 bits per heavy atom. The molecule has 3 saturated heterocycles. The summed E-state index contributed by atoms with van der Waals surface area (Å²) in [4.78, 5) is 46.0. The van der Waals surface area contributed by atoms with Crippen molar-refractivity contribution >= 4 is 35.0 Å². The third-order valence-electron chi connectivity index (χ3n) is 9.67. The Kier molecular flexibility index (Phi) is 7.94. The topological polar surface area (TPSA) is 91.0 Å². The number of halogens is 1. The predicted molar refractivity (Wildman–Crippen MR) is 154 cm³/mol. The molecule has 0 aromatic heterocycles. The second-order valence-electron chi connectivity index (χ2n) is 12.3. The summed E-state index contributed by atoms with van der Waals surface area (Å²) in [5, 5.41) is 6.80. The summed E-state index contributed by atoms with van der Waals surface area (Å²) in [7, 11) is 0. The van der Waals surface area contributed by atoms with Gasteiger partial charge in [-0.05, 0) is 63.4 Å². The number of nitrogens with one attached hydrogen (secondary N) is 2. The van der Waals surface area contributed by atoms with Crippen LogP contribution in [0.5, 0.6) is 0 Å². The standard InChI is InChI=1S/C31H41ClN4O4/c1-20-11-12-22(19-23(20)32)34-28(37)25-24-13-14-31(40-24)26(25)30(39)36(18-17-35-15-7-2-3-8-16-35)27(31)29(38)33-21-9-5-4-6-10-21/h11-14,19,21,24-27H,2-10,15-18H2,1H3,(H,33,38)(H,34,37)/t24-,25+,26-,27+,31-/m0/s1. The van der Waals surface area contributed by atoms with E-state index in [1.165, 1.54) is 19.3 Å². The molecule has 4 aliphatic heterocycles. The molecule has 5 atom stereocenters. The number of carbonyl (C=O) groups excluding carboxylic acids is 3. The molecule has 6 rings (SSSR count). The van der Waals surface area contributed by atoms with Gasteiger partial charge < -0.3 is 25.2 Å². The molecule has 1 aromatic rings. The molecule has 40 heavy (non-hydrogen) atoms. The number of rotatable bonds is 7. The van der Waals surface area contributed by atoms with Gasteiger partial charge in [-0.3, -0.25) is 14.4 Å². The van der Waals surface area contributed by atoms with E-state index in [4.69, 9.17) is 16.3 Å². The first kappa shape index (κ1) is 27.7. The highest BCUT2D eigenvalue weighted by molar-refractivity contribution is 6.31. The average Bonchev–Trinajstić information content (AvgIpc) is 3.49. The van der Waals surface area contributed by atoms with Gasteiger partial charge in [0.25, 0.3) is 0 Å². The van der Waals surface area contributed by atoms with Gasteiger partial charge in [0.15, 0.2) is 0 Å². The van der Waals surface area contributed by atoms with Crippen LogP contribution >= 0.6 is 11.6 Å². The molecule has 9 heteroatoms. The minimum absolute atomic E-state index is 0.118. The third kappa shape index (κ3) is 5.07. The highest BCUT2D eigenvalue weighted by Gasteiger charge is 2.72. The van der Waals surface area contributed by atoms with Crippen molar-refractivity contribution in [3.8, 4) is 0 Å². The second-order valence-corrected chi connectivity index (χ2v) is 12.7. The van der Waals surface area contributed by atoms with E-state index < -0.39 is 29.6 Å². The number of ether oxygens (including phenoxy) is 1. The fourth-order valence-corrected chi connectivity index (χ4v) is 7.72. The van der Waals surface area contributed by atoms with Gasteiger partial charge >= 0.3 is 0 Å². The van der Waals surface area contributed by atoms with Crippen LogP contribution in [0, 0.1) is 18.8 Å². The van der Waals surface area contributed by atoms with Crippen LogP contribution in [-0.4, -0.2) is 77.5 Å². The smallest absolute Gasteiger partial charge is 0.246 e. The summed E-state index contributed by atoms with van der Waals surface area (Å²) in [5.41, 5.74) is 0.366. The molecule has 4 fully saturated rings. The van der Waals surface area contributed by atoms with E-state index in [0.29, 0.717) is 23.8 Å². The lowest BCUT2D eigenvalue weighted by Crippen LogP contribution is -2.57. The minimum atomic E-state index is -1.13. The van der Waals surface area contributed by atoms with Gasteiger partial charge in [0.1, 0.15) is 11.6 Å². The van der Waals surface area contributed by atoms with Crippen molar-refractivity contribution in [3.63, 3.8) is 0 Å². The van der Waals surface area contributed by atoms with Gasteiger partial charge in [-0.25, -0.2) is 0 Å². The lowest BCUT2D eigenvalue weighted by Gasteiger charge is -2.35. The van der Waals surface area contributed by atoms with E-state index in [-0.39, 0.29) is 23.8 Å². The van der Waals surface area contributed by atoms with E-state index in [1.54, 1.807) is 11.0 Å². The monoisotopic (exact) mass is 568 g/mol. The number of benzene rings is 1. The molecular weight excluding hydrogens is 528 g/mol. The normalized spacial score (nSPS) is 32.2. The summed E-state index contributed by atoms with van der Waals surface area (Å²) in [5.74, 6) is -2.06. The van der Waals surface area contributed by atoms with E-state index in [1.807, 2.05) is 31.2 Å². The number of hydrogen-bond donors (Lipinski definition) is 2. The molecule has 0 unspecified atom stereocenters. The van der Waals surface area contributed by atoms with E-state index >= 15 is 0 Å². The Bertz CT molecular complexity index is 1180. The van der Waals surface area contributed by atoms with Crippen LogP contribution in [0.15, 0.2) is 30.4 Å². The first-order valence-electron chi connectivity index (χ1n) is 15.1. The van der Waals surface area contributed by atoms with Crippen LogP contribution in [0.3, 0.4) is 0 Å². The first-order valence-corrected chi connectivity index (χ1v) is 15.5. The van der Waals surface area contributed by atoms with Crippen molar-refractivity contribution in [1.29, 1.82) is 0 Å². The molecule has 1 aliphatic carbocycles. The summed E-state index contributed by atoms with van der Waals surface area (Å²) in [6.45, 7) is 5.09. The molecule has 5 aliphatic rings. The molecule has 1 spiro atoms. The number of anilines is 1. The molecule has 2 N–H and O–H groups in total. The number of nitrogens with zero attached hydrogens (tertiary/aromatic N) is 2. The molecule has 2 bridgehead atoms. The van der Waals surface area contributed by atoms with Gasteiger partial charge in [-0.15, -0.1) is 0 Å². The van der Waals surface area contributed by atoms with Gasteiger partial charge in [0.05, 0.1) is 17.9 Å². The Balaban J connectivity index is 1.26. The van der Waals surface area contributed by atoms with Crippen molar-refractivity contribution in [2.75, 3.05) is 31.5 Å². The van der Waals surface area contributed by atoms with Crippen molar-refractivity contribution in [1.82, 2.24) is 15.1 Å². The fraction of sp³-hybridized carbons (Fsp3) is 0.645. The van der Waals surface area contributed by atoms with E-state index in [9.17, 15) is 14.4 Å². The Morgan fingerprint density at radius 3 is 2.48 bits per heavy atom. The molecule has 3 amide bonds. The Hall–Kier alpha value is -2.42. The quantitative estimate of drug-likeness (QED) is 0.484. The van der Waals surface area contributed by atoms with Crippen molar-refractivity contribution < 1.29 is 19.1 Å². The number of hydrogen-bond acceptors (Lipinski definition) is 5. The van der Waals surface area contributed by atoms with E-state index in [2.05, 4.69) is 15.5 Å². The van der Waals surface area contributed by atoms with Gasteiger partial charge in [0, 0.05) is 29.8 Å². The SMILES string of the molecule is Cc1ccc(NC(=O)[C@@H]2[C@@H]3C=C[C@]4(O3)[C@@H]2C(=O)N(CCN2CCCCCC2)[C@@H]4C(=O)NC2CCCCC2)cc1Cl. The highest BCUT2D eigenvalue weighted by atomic mass is 35.5. The predicted octanol–water partition coefficient (Wildman–Crippen LogP) is 4.06. The number of likely N-dealkylation sites (tertiary alicyclic amines) is 2. The van der Waals surface area contributed by atoms with Gasteiger partial charge in [-0.2, -0.15) is 0 Å². The Morgan fingerprint density at radius 1 is 1.02 bits per heavy atom. The minimum Gasteiger partial charge on any atom is -0.359 e. The summed E-state index contributed by atoms with van der Waals surface area (Å²) < 4.78 is 6.50. The summed E-state index contributed by atoms with van der Waals surface area (Å²) >= 11 is 6.30. The first-order chi connectivity index (χ1) is 19.4. The van der Waals surface area contributed by atoms with Crippen molar-refractivity contribution in [2.45, 2.75) is 88.5 Å². The summed E-state index contributed by atoms with van der Waals surface area (Å²) in [6.07, 6.45) is 13.3.